The summed E-state index contributed by atoms with van der Waals surface area (Å²) in [5.41, 5.74) is 1.97. The summed E-state index contributed by atoms with van der Waals surface area (Å²) in [6.07, 6.45) is 1.59. The second-order valence-electron chi connectivity index (χ2n) is 6.14. The molecular weight excluding hydrogens is 370 g/mol. The van der Waals surface area contributed by atoms with Crippen LogP contribution in [0.15, 0.2) is 42.6 Å². The Balaban J connectivity index is 1.52. The normalized spacial score (nSPS) is 15.8. The summed E-state index contributed by atoms with van der Waals surface area (Å²) in [5, 5.41) is 4.07. The molecule has 0 aliphatic carbocycles. The van der Waals surface area contributed by atoms with Crippen LogP contribution in [0.5, 0.6) is 5.75 Å². The van der Waals surface area contributed by atoms with Crippen molar-refractivity contribution in [2.75, 3.05) is 26.9 Å². The zero-order chi connectivity index (χ0) is 18.9. The van der Waals surface area contributed by atoms with E-state index in [-0.39, 0.29) is 12.5 Å². The van der Waals surface area contributed by atoms with Crippen LogP contribution in [0.2, 0.25) is 5.15 Å². The maximum absolute atomic E-state index is 12.6. The zero-order valence-corrected chi connectivity index (χ0v) is 15.4. The van der Waals surface area contributed by atoms with Crippen LogP contribution in [-0.4, -0.2) is 42.7 Å². The van der Waals surface area contributed by atoms with Crippen molar-refractivity contribution in [1.29, 1.82) is 0 Å². The van der Waals surface area contributed by atoms with Crippen LogP contribution in [0.3, 0.4) is 0 Å². The molecule has 3 heterocycles. The number of nitrogens with zero attached hydrogens (tertiary/aromatic N) is 1. The average molecular weight is 388 g/mol. The molecule has 27 heavy (non-hydrogen) atoms. The molecule has 1 saturated heterocycles. The van der Waals surface area contributed by atoms with Gasteiger partial charge in [-0.2, -0.15) is 0 Å². The highest BCUT2D eigenvalue weighted by molar-refractivity contribution is 6.30. The molecule has 1 fully saturated rings. The smallest absolute Gasteiger partial charge is 0.267 e. The van der Waals surface area contributed by atoms with Gasteiger partial charge in [0.05, 0.1) is 38.6 Å². The fourth-order valence-corrected chi connectivity index (χ4v) is 3.26. The molecule has 7 nitrogen and oxygen atoms in total. The summed E-state index contributed by atoms with van der Waals surface area (Å²) in [5.74, 6) is -0.547. The molecule has 0 unspecified atom stereocenters. The minimum absolute atomic E-state index is 0.173. The number of aromatic amines is 1. The Kier molecular flexibility index (Phi) is 4.73. The Morgan fingerprint density at radius 1 is 1.30 bits per heavy atom. The van der Waals surface area contributed by atoms with E-state index < -0.39 is 5.79 Å². The largest absolute Gasteiger partial charge is 0.497 e. The number of hydrogen-bond donors (Lipinski definition) is 2. The number of rotatable bonds is 5. The molecule has 1 aromatic carbocycles. The molecule has 3 aromatic rings. The minimum Gasteiger partial charge on any atom is -0.497 e. The van der Waals surface area contributed by atoms with Crippen LogP contribution in [0.4, 0.5) is 0 Å². The van der Waals surface area contributed by atoms with Crippen molar-refractivity contribution in [3.8, 4) is 5.75 Å². The number of ether oxygens (including phenoxy) is 3. The van der Waals surface area contributed by atoms with E-state index in [9.17, 15) is 4.79 Å². The summed E-state index contributed by atoms with van der Waals surface area (Å²) >= 11 is 5.89. The standard InChI is InChI=1S/C19H18ClN3O4/c1-25-14-4-2-13(3-5-14)19(26-6-7-27-19)11-22-18(24)15-8-12-9-17(20)21-10-16(12)23-15/h2-5,8-10,23H,6-7,11H2,1H3,(H,22,24). The summed E-state index contributed by atoms with van der Waals surface area (Å²) in [6, 6.07) is 10.8. The number of carbonyl (C=O) groups excluding carboxylic acids is 1. The zero-order valence-electron chi connectivity index (χ0n) is 14.6. The first-order valence-electron chi connectivity index (χ1n) is 8.44. The maximum Gasteiger partial charge on any atom is 0.267 e. The Labute approximate surface area is 160 Å². The van der Waals surface area contributed by atoms with E-state index in [1.807, 2.05) is 24.3 Å². The molecule has 0 saturated carbocycles. The van der Waals surface area contributed by atoms with Gasteiger partial charge in [0.15, 0.2) is 0 Å². The van der Waals surface area contributed by atoms with Gasteiger partial charge in [-0.25, -0.2) is 4.98 Å². The summed E-state index contributed by atoms with van der Waals surface area (Å²) in [7, 11) is 1.61. The van der Waals surface area contributed by atoms with Gasteiger partial charge in [-0.1, -0.05) is 11.6 Å². The molecule has 0 radical (unpaired) electrons. The summed E-state index contributed by atoms with van der Waals surface area (Å²) in [4.78, 5) is 19.6. The lowest BCUT2D eigenvalue weighted by Crippen LogP contribution is -2.41. The lowest BCUT2D eigenvalue weighted by atomic mass is 10.1. The molecule has 140 valence electrons. The number of halogens is 1. The Morgan fingerprint density at radius 2 is 2.04 bits per heavy atom. The van der Waals surface area contributed by atoms with Crippen LogP contribution in [0.1, 0.15) is 16.1 Å². The third kappa shape index (κ3) is 3.49. The van der Waals surface area contributed by atoms with Crippen molar-refractivity contribution in [2.45, 2.75) is 5.79 Å². The predicted molar refractivity (Wildman–Crippen MR) is 100 cm³/mol. The number of aromatic nitrogens is 2. The van der Waals surface area contributed by atoms with E-state index in [1.54, 1.807) is 25.4 Å². The van der Waals surface area contributed by atoms with E-state index in [1.165, 1.54) is 0 Å². The summed E-state index contributed by atoms with van der Waals surface area (Å²) in [6.45, 7) is 1.09. The average Bonchev–Trinajstić information content (AvgIpc) is 3.33. The molecule has 1 aliphatic rings. The molecule has 0 spiro atoms. The Bertz CT molecular complexity index is 965. The first-order chi connectivity index (χ1) is 13.1. The van der Waals surface area contributed by atoms with Crippen molar-refractivity contribution < 1.29 is 19.0 Å². The molecule has 1 amide bonds. The van der Waals surface area contributed by atoms with E-state index in [2.05, 4.69) is 15.3 Å². The van der Waals surface area contributed by atoms with Crippen LogP contribution >= 0.6 is 11.6 Å². The van der Waals surface area contributed by atoms with E-state index in [0.717, 1.165) is 22.2 Å². The fraction of sp³-hybridized carbons (Fsp3) is 0.263. The van der Waals surface area contributed by atoms with Crippen LogP contribution < -0.4 is 10.1 Å². The van der Waals surface area contributed by atoms with Gasteiger partial charge in [-0.15, -0.1) is 0 Å². The quantitative estimate of drug-likeness (QED) is 0.657. The van der Waals surface area contributed by atoms with Gasteiger partial charge >= 0.3 is 0 Å². The number of H-pyrrole nitrogens is 1. The van der Waals surface area contributed by atoms with Gasteiger partial charge in [0.2, 0.25) is 5.79 Å². The molecular formula is C19H18ClN3O4. The van der Waals surface area contributed by atoms with Crippen molar-refractivity contribution in [3.63, 3.8) is 0 Å². The molecule has 1 aliphatic heterocycles. The number of pyridine rings is 1. The van der Waals surface area contributed by atoms with E-state index in [0.29, 0.717) is 24.1 Å². The number of benzene rings is 1. The molecule has 2 N–H and O–H groups in total. The van der Waals surface area contributed by atoms with Crippen LogP contribution in [-0.2, 0) is 15.3 Å². The second-order valence-corrected chi connectivity index (χ2v) is 6.53. The molecule has 8 heteroatoms. The second kappa shape index (κ2) is 7.19. The molecule has 0 bridgehead atoms. The monoisotopic (exact) mass is 387 g/mol. The van der Waals surface area contributed by atoms with Crippen molar-refractivity contribution >= 4 is 28.4 Å². The van der Waals surface area contributed by atoms with Gasteiger partial charge in [-0.3, -0.25) is 4.79 Å². The van der Waals surface area contributed by atoms with Gasteiger partial charge < -0.3 is 24.5 Å². The molecule has 4 rings (SSSR count). The highest BCUT2D eigenvalue weighted by Gasteiger charge is 2.39. The predicted octanol–water partition coefficient (Wildman–Crippen LogP) is 2.85. The van der Waals surface area contributed by atoms with Crippen molar-refractivity contribution in [1.82, 2.24) is 15.3 Å². The van der Waals surface area contributed by atoms with Crippen LogP contribution in [0, 0.1) is 0 Å². The van der Waals surface area contributed by atoms with Gasteiger partial charge in [0.25, 0.3) is 5.91 Å². The minimum atomic E-state index is -1.02. The number of fused-ring (bicyclic) bond motifs is 1. The third-order valence-electron chi connectivity index (χ3n) is 4.48. The lowest BCUT2D eigenvalue weighted by Gasteiger charge is -2.28. The molecule has 2 aromatic heterocycles. The number of carbonyl (C=O) groups is 1. The highest BCUT2D eigenvalue weighted by Crippen LogP contribution is 2.32. The van der Waals surface area contributed by atoms with Gasteiger partial charge in [-0.05, 0) is 36.4 Å². The molecule has 0 atom stereocenters. The topological polar surface area (TPSA) is 85.5 Å². The van der Waals surface area contributed by atoms with Crippen molar-refractivity contribution in [3.05, 3.63) is 59.0 Å². The van der Waals surface area contributed by atoms with E-state index in [4.69, 9.17) is 25.8 Å². The Hall–Kier alpha value is -2.61. The van der Waals surface area contributed by atoms with Gasteiger partial charge in [0, 0.05) is 10.9 Å². The SMILES string of the molecule is COc1ccc(C2(CNC(=O)c3cc4cc(Cl)ncc4[nH]3)OCCO2)cc1. The highest BCUT2D eigenvalue weighted by atomic mass is 35.5. The maximum atomic E-state index is 12.6. The number of nitrogens with one attached hydrogen (secondary N) is 2. The lowest BCUT2D eigenvalue weighted by molar-refractivity contribution is -0.160. The first-order valence-corrected chi connectivity index (χ1v) is 8.82. The number of amides is 1. The van der Waals surface area contributed by atoms with Gasteiger partial charge in [0.1, 0.15) is 16.6 Å². The Morgan fingerprint density at radius 3 is 2.74 bits per heavy atom. The summed E-state index contributed by atoms with van der Waals surface area (Å²) < 4.78 is 16.9. The number of methoxy groups -OCH3 is 1. The fourth-order valence-electron chi connectivity index (χ4n) is 3.09. The van der Waals surface area contributed by atoms with Crippen molar-refractivity contribution in [2.24, 2.45) is 0 Å². The third-order valence-corrected chi connectivity index (χ3v) is 4.69. The van der Waals surface area contributed by atoms with E-state index >= 15 is 0 Å². The number of hydrogen-bond acceptors (Lipinski definition) is 5. The van der Waals surface area contributed by atoms with Crippen LogP contribution in [0.25, 0.3) is 10.9 Å². The first kappa shape index (κ1) is 17.8.